The van der Waals surface area contributed by atoms with Gasteiger partial charge in [0.25, 0.3) is 17.5 Å². The maximum Gasteiger partial charge on any atom is 0.269 e. The number of carbonyl (C=O) groups is 1. The summed E-state index contributed by atoms with van der Waals surface area (Å²) >= 11 is 0. The predicted octanol–water partition coefficient (Wildman–Crippen LogP) is 3.87. The van der Waals surface area contributed by atoms with Crippen LogP contribution in [0.1, 0.15) is 42.5 Å². The van der Waals surface area contributed by atoms with Gasteiger partial charge in [0, 0.05) is 24.1 Å². The lowest BCUT2D eigenvalue weighted by Crippen LogP contribution is -2.23. The summed E-state index contributed by atoms with van der Waals surface area (Å²) in [5.74, 6) is 0.541. The van der Waals surface area contributed by atoms with Gasteiger partial charge in [0.05, 0.1) is 16.1 Å². The number of benzene rings is 2. The van der Waals surface area contributed by atoms with E-state index in [4.69, 9.17) is 4.52 Å². The Morgan fingerprint density at radius 1 is 1.14 bits per heavy atom. The number of amides is 1. The zero-order valence-corrected chi connectivity index (χ0v) is 15.8. The molecule has 144 valence electrons. The quantitative estimate of drug-likeness (QED) is 0.531. The van der Waals surface area contributed by atoms with Gasteiger partial charge in [-0.25, -0.2) is 0 Å². The molecule has 3 rings (SSSR count). The standard InChI is InChI=1S/C20H20N4O4/c1-20(2,3)19-22-18(28-23-19)16-7-5-4-6-15(16)17(25)21-12-13-8-10-14(11-9-13)24(26)27/h4-11H,12H2,1-3H3,(H,21,25). The molecule has 1 heterocycles. The van der Waals surface area contributed by atoms with E-state index >= 15 is 0 Å². The number of hydrogen-bond donors (Lipinski definition) is 1. The molecule has 0 bridgehead atoms. The number of hydrogen-bond acceptors (Lipinski definition) is 6. The van der Waals surface area contributed by atoms with Crippen LogP contribution in [0.4, 0.5) is 5.69 Å². The van der Waals surface area contributed by atoms with Gasteiger partial charge in [0.1, 0.15) is 0 Å². The van der Waals surface area contributed by atoms with E-state index in [0.29, 0.717) is 17.0 Å². The van der Waals surface area contributed by atoms with Crippen LogP contribution in [0.15, 0.2) is 53.1 Å². The lowest BCUT2D eigenvalue weighted by Gasteiger charge is -2.11. The Labute approximate surface area is 161 Å². The van der Waals surface area contributed by atoms with E-state index in [9.17, 15) is 14.9 Å². The summed E-state index contributed by atoms with van der Waals surface area (Å²) < 4.78 is 5.36. The molecule has 3 aromatic rings. The number of nitrogens with one attached hydrogen (secondary N) is 1. The molecule has 0 aliphatic carbocycles. The smallest absolute Gasteiger partial charge is 0.269 e. The molecule has 1 amide bonds. The zero-order valence-electron chi connectivity index (χ0n) is 15.8. The third kappa shape index (κ3) is 4.22. The highest BCUT2D eigenvalue weighted by Gasteiger charge is 2.23. The first-order valence-electron chi connectivity index (χ1n) is 8.71. The normalized spacial score (nSPS) is 11.2. The number of rotatable bonds is 5. The fraction of sp³-hybridized carbons (Fsp3) is 0.250. The summed E-state index contributed by atoms with van der Waals surface area (Å²) in [6, 6.07) is 13.0. The molecule has 0 atom stereocenters. The largest absolute Gasteiger partial charge is 0.348 e. The highest BCUT2D eigenvalue weighted by atomic mass is 16.6. The molecular weight excluding hydrogens is 360 g/mol. The molecule has 0 aliphatic rings. The summed E-state index contributed by atoms with van der Waals surface area (Å²) in [7, 11) is 0. The Bertz CT molecular complexity index is 1000. The second kappa shape index (κ2) is 7.59. The third-order valence-corrected chi connectivity index (χ3v) is 4.10. The van der Waals surface area contributed by atoms with Gasteiger partial charge in [0.15, 0.2) is 5.82 Å². The molecule has 2 aromatic carbocycles. The highest BCUT2D eigenvalue weighted by Crippen LogP contribution is 2.26. The van der Waals surface area contributed by atoms with Crippen molar-refractivity contribution >= 4 is 11.6 Å². The molecule has 8 nitrogen and oxygen atoms in total. The molecule has 0 spiro atoms. The van der Waals surface area contributed by atoms with Crippen LogP contribution in [-0.2, 0) is 12.0 Å². The molecule has 1 N–H and O–H groups in total. The van der Waals surface area contributed by atoms with Crippen LogP contribution in [-0.4, -0.2) is 21.0 Å². The molecule has 0 radical (unpaired) electrons. The summed E-state index contributed by atoms with van der Waals surface area (Å²) in [5.41, 5.74) is 1.45. The number of nitro groups is 1. The van der Waals surface area contributed by atoms with Gasteiger partial charge in [-0.1, -0.05) is 50.2 Å². The molecule has 0 fully saturated rings. The maximum atomic E-state index is 12.7. The average Bonchev–Trinajstić information content (AvgIpc) is 3.17. The van der Waals surface area contributed by atoms with E-state index in [1.54, 1.807) is 36.4 Å². The maximum absolute atomic E-state index is 12.7. The van der Waals surface area contributed by atoms with Gasteiger partial charge in [0.2, 0.25) is 0 Å². The predicted molar refractivity (Wildman–Crippen MR) is 103 cm³/mol. The van der Waals surface area contributed by atoms with E-state index in [-0.39, 0.29) is 29.4 Å². The van der Waals surface area contributed by atoms with Crippen molar-refractivity contribution in [1.82, 2.24) is 15.5 Å². The van der Waals surface area contributed by atoms with Crippen LogP contribution in [0.3, 0.4) is 0 Å². The topological polar surface area (TPSA) is 111 Å². The number of nitro benzene ring substituents is 1. The molecule has 0 aliphatic heterocycles. The van der Waals surface area contributed by atoms with E-state index in [2.05, 4.69) is 15.5 Å². The van der Waals surface area contributed by atoms with E-state index < -0.39 is 4.92 Å². The van der Waals surface area contributed by atoms with Gasteiger partial charge >= 0.3 is 0 Å². The number of nitrogens with zero attached hydrogens (tertiary/aromatic N) is 3. The molecule has 28 heavy (non-hydrogen) atoms. The van der Waals surface area contributed by atoms with Crippen molar-refractivity contribution < 1.29 is 14.2 Å². The van der Waals surface area contributed by atoms with Gasteiger partial charge in [-0.2, -0.15) is 4.98 Å². The minimum Gasteiger partial charge on any atom is -0.348 e. The lowest BCUT2D eigenvalue weighted by molar-refractivity contribution is -0.384. The van der Waals surface area contributed by atoms with Crippen LogP contribution >= 0.6 is 0 Å². The van der Waals surface area contributed by atoms with Gasteiger partial charge < -0.3 is 9.84 Å². The molecule has 1 aromatic heterocycles. The Kier molecular flexibility index (Phi) is 5.21. The minimum atomic E-state index is -0.463. The SMILES string of the molecule is CC(C)(C)c1noc(-c2ccccc2C(=O)NCc2ccc([N+](=O)[O-])cc2)n1. The van der Waals surface area contributed by atoms with Crippen molar-refractivity contribution in [1.29, 1.82) is 0 Å². The number of aromatic nitrogens is 2. The summed E-state index contributed by atoms with van der Waals surface area (Å²) in [4.78, 5) is 27.4. The minimum absolute atomic E-state index is 0.00599. The van der Waals surface area contributed by atoms with Crippen molar-refractivity contribution in [2.45, 2.75) is 32.7 Å². The van der Waals surface area contributed by atoms with Crippen molar-refractivity contribution in [2.75, 3.05) is 0 Å². The van der Waals surface area contributed by atoms with Crippen molar-refractivity contribution in [2.24, 2.45) is 0 Å². The Balaban J connectivity index is 1.77. The molecule has 0 saturated carbocycles. The van der Waals surface area contributed by atoms with Crippen molar-refractivity contribution in [3.63, 3.8) is 0 Å². The van der Waals surface area contributed by atoms with E-state index in [0.717, 1.165) is 5.56 Å². The second-order valence-electron chi connectivity index (χ2n) is 7.32. The van der Waals surface area contributed by atoms with Gasteiger partial charge in [-0.3, -0.25) is 14.9 Å². The van der Waals surface area contributed by atoms with Gasteiger partial charge in [-0.05, 0) is 17.7 Å². The van der Waals surface area contributed by atoms with Crippen molar-refractivity contribution in [3.05, 3.63) is 75.6 Å². The zero-order chi connectivity index (χ0) is 20.3. The van der Waals surface area contributed by atoms with Crippen LogP contribution in [0.2, 0.25) is 0 Å². The second-order valence-corrected chi connectivity index (χ2v) is 7.32. The molecule has 8 heteroatoms. The van der Waals surface area contributed by atoms with Crippen LogP contribution in [0, 0.1) is 10.1 Å². The van der Waals surface area contributed by atoms with Crippen LogP contribution in [0.25, 0.3) is 11.5 Å². The summed E-state index contributed by atoms with van der Waals surface area (Å²) in [6.07, 6.45) is 0. The number of non-ortho nitro benzene ring substituents is 1. The lowest BCUT2D eigenvalue weighted by atomic mass is 9.96. The average molecular weight is 380 g/mol. The van der Waals surface area contributed by atoms with E-state index in [1.165, 1.54) is 12.1 Å². The highest BCUT2D eigenvalue weighted by molar-refractivity contribution is 5.99. The first-order valence-corrected chi connectivity index (χ1v) is 8.71. The first kappa shape index (κ1) is 19.2. The third-order valence-electron chi connectivity index (χ3n) is 4.10. The Morgan fingerprint density at radius 2 is 1.82 bits per heavy atom. The van der Waals surface area contributed by atoms with Gasteiger partial charge in [-0.15, -0.1) is 0 Å². The van der Waals surface area contributed by atoms with E-state index in [1.807, 2.05) is 20.8 Å². The van der Waals surface area contributed by atoms with Crippen LogP contribution in [0.5, 0.6) is 0 Å². The summed E-state index contributed by atoms with van der Waals surface area (Å²) in [5, 5.41) is 17.5. The monoisotopic (exact) mass is 380 g/mol. The molecule has 0 unspecified atom stereocenters. The summed E-state index contributed by atoms with van der Waals surface area (Å²) in [6.45, 7) is 6.17. The molecular formula is C20H20N4O4. The van der Waals surface area contributed by atoms with Crippen molar-refractivity contribution in [3.8, 4) is 11.5 Å². The molecule has 0 saturated heterocycles. The Hall–Kier alpha value is -3.55. The first-order chi connectivity index (χ1) is 13.3. The number of carbonyl (C=O) groups excluding carboxylic acids is 1. The fourth-order valence-electron chi connectivity index (χ4n) is 2.52. The fourth-order valence-corrected chi connectivity index (χ4v) is 2.52. The van der Waals surface area contributed by atoms with Crippen LogP contribution < -0.4 is 5.32 Å². The Morgan fingerprint density at radius 3 is 2.43 bits per heavy atom.